The third-order valence-corrected chi connectivity index (χ3v) is 2.55. The van der Waals surface area contributed by atoms with E-state index in [-0.39, 0.29) is 0 Å². The van der Waals surface area contributed by atoms with Crippen LogP contribution < -0.4 is 5.32 Å². The number of nitrogens with one attached hydrogen (secondary N) is 1. The average Bonchev–Trinajstić information content (AvgIpc) is 2.17. The second-order valence-electron chi connectivity index (χ2n) is 4.05. The molecule has 0 aliphatic rings. The number of likely N-dealkylation sites (N-methyl/N-ethyl adjacent to an activating group) is 2. The van der Waals surface area contributed by atoms with Gasteiger partial charge in [0.2, 0.25) is 0 Å². The van der Waals surface area contributed by atoms with Crippen molar-refractivity contribution in [2.75, 3.05) is 27.7 Å². The molecule has 0 aliphatic heterocycles. The molecule has 84 valence electrons. The van der Waals surface area contributed by atoms with Crippen molar-refractivity contribution in [2.24, 2.45) is 0 Å². The van der Waals surface area contributed by atoms with E-state index in [1.807, 2.05) is 25.2 Å². The molecule has 0 unspecified atom stereocenters. The number of phenols is 1. The second kappa shape index (κ2) is 5.73. The highest BCUT2D eigenvalue weighted by atomic mass is 16.3. The van der Waals surface area contributed by atoms with Crippen molar-refractivity contribution < 1.29 is 5.11 Å². The molecule has 1 rings (SSSR count). The van der Waals surface area contributed by atoms with E-state index in [1.54, 1.807) is 6.07 Å². The third kappa shape index (κ3) is 3.90. The fourth-order valence-electron chi connectivity index (χ4n) is 1.63. The molecule has 0 aliphatic carbocycles. The Bertz CT molecular complexity index is 299. The van der Waals surface area contributed by atoms with Gasteiger partial charge in [0.05, 0.1) is 0 Å². The number of aromatic hydroxyl groups is 1. The van der Waals surface area contributed by atoms with Gasteiger partial charge in [-0.15, -0.1) is 0 Å². The Morgan fingerprint density at radius 1 is 1.40 bits per heavy atom. The van der Waals surface area contributed by atoms with E-state index in [1.165, 1.54) is 5.56 Å². The number of rotatable bonds is 5. The van der Waals surface area contributed by atoms with Gasteiger partial charge in [0.1, 0.15) is 5.75 Å². The van der Waals surface area contributed by atoms with Crippen LogP contribution in [0, 0.1) is 0 Å². The lowest BCUT2D eigenvalue weighted by atomic mass is 10.0. The largest absolute Gasteiger partial charge is 0.508 e. The molecule has 0 amide bonds. The Balaban J connectivity index is 2.65. The molecule has 0 saturated heterocycles. The summed E-state index contributed by atoms with van der Waals surface area (Å²) in [6.45, 7) is 0.947. The van der Waals surface area contributed by atoms with Crippen LogP contribution in [0.25, 0.3) is 0 Å². The first-order chi connectivity index (χ1) is 7.13. The number of hydrogen-bond acceptors (Lipinski definition) is 3. The minimum absolute atomic E-state index is 0.342. The maximum atomic E-state index is 9.37. The van der Waals surface area contributed by atoms with Gasteiger partial charge >= 0.3 is 0 Å². The Kier molecular flexibility index (Phi) is 4.59. The van der Waals surface area contributed by atoms with Gasteiger partial charge in [-0.1, -0.05) is 12.1 Å². The minimum atomic E-state index is 0.342. The maximum Gasteiger partial charge on any atom is 0.115 e. The molecule has 3 nitrogen and oxygen atoms in total. The monoisotopic (exact) mass is 208 g/mol. The van der Waals surface area contributed by atoms with Crippen LogP contribution in [0.1, 0.15) is 5.56 Å². The van der Waals surface area contributed by atoms with Gasteiger partial charge in [-0.2, -0.15) is 0 Å². The van der Waals surface area contributed by atoms with Crippen molar-refractivity contribution in [3.63, 3.8) is 0 Å². The summed E-state index contributed by atoms with van der Waals surface area (Å²) in [4.78, 5) is 2.19. The van der Waals surface area contributed by atoms with E-state index < -0.39 is 0 Å². The highest BCUT2D eigenvalue weighted by Gasteiger charge is 2.11. The lowest BCUT2D eigenvalue weighted by Gasteiger charge is -2.24. The highest BCUT2D eigenvalue weighted by molar-refractivity contribution is 5.27. The van der Waals surface area contributed by atoms with E-state index in [4.69, 9.17) is 0 Å². The van der Waals surface area contributed by atoms with Crippen LogP contribution >= 0.6 is 0 Å². The molecule has 1 aromatic rings. The number of hydrogen-bond donors (Lipinski definition) is 2. The first-order valence-electron chi connectivity index (χ1n) is 5.22. The quantitative estimate of drug-likeness (QED) is 0.760. The van der Waals surface area contributed by atoms with Crippen molar-refractivity contribution in [1.82, 2.24) is 10.2 Å². The number of nitrogens with zero attached hydrogens (tertiary/aromatic N) is 1. The molecule has 0 radical (unpaired) electrons. The number of benzene rings is 1. The van der Waals surface area contributed by atoms with Crippen molar-refractivity contribution in [3.05, 3.63) is 29.8 Å². The Morgan fingerprint density at radius 3 is 2.67 bits per heavy atom. The molecule has 15 heavy (non-hydrogen) atoms. The van der Waals surface area contributed by atoms with Crippen LogP contribution in [0.2, 0.25) is 0 Å². The number of phenolic OH excluding ortho intramolecular Hbond substituents is 1. The van der Waals surface area contributed by atoms with Gasteiger partial charge in [0.25, 0.3) is 0 Å². The summed E-state index contributed by atoms with van der Waals surface area (Å²) in [5.74, 6) is 0.342. The van der Waals surface area contributed by atoms with Gasteiger partial charge in [-0.05, 0) is 45.3 Å². The van der Waals surface area contributed by atoms with Crippen molar-refractivity contribution in [1.29, 1.82) is 0 Å². The summed E-state index contributed by atoms with van der Waals surface area (Å²) in [6, 6.07) is 7.91. The summed E-state index contributed by atoms with van der Waals surface area (Å²) in [6.07, 6.45) is 0.947. The Labute approximate surface area is 91.7 Å². The molecule has 0 aromatic heterocycles. The SMILES string of the molecule is CNC[C@@H](Cc1cccc(O)c1)N(C)C. The fraction of sp³-hybridized carbons (Fsp3) is 0.500. The van der Waals surface area contributed by atoms with Gasteiger partial charge in [-0.3, -0.25) is 0 Å². The predicted octanol–water partition coefficient (Wildman–Crippen LogP) is 1.08. The molecule has 0 bridgehead atoms. The third-order valence-electron chi connectivity index (χ3n) is 2.55. The Hall–Kier alpha value is -1.06. The summed E-state index contributed by atoms with van der Waals surface area (Å²) >= 11 is 0. The van der Waals surface area contributed by atoms with E-state index >= 15 is 0 Å². The molecule has 0 fully saturated rings. The Morgan fingerprint density at radius 2 is 2.13 bits per heavy atom. The van der Waals surface area contributed by atoms with Gasteiger partial charge < -0.3 is 15.3 Å². The highest BCUT2D eigenvalue weighted by Crippen LogP contribution is 2.13. The van der Waals surface area contributed by atoms with Gasteiger partial charge in [0.15, 0.2) is 0 Å². The molecule has 2 N–H and O–H groups in total. The van der Waals surface area contributed by atoms with Crippen LogP contribution in [0.15, 0.2) is 24.3 Å². The summed E-state index contributed by atoms with van der Waals surface area (Å²) < 4.78 is 0. The first-order valence-corrected chi connectivity index (χ1v) is 5.22. The normalized spacial score (nSPS) is 13.1. The van der Waals surface area contributed by atoms with Crippen molar-refractivity contribution in [3.8, 4) is 5.75 Å². The molecule has 1 aromatic carbocycles. The molecule has 1 atom stereocenters. The summed E-state index contributed by atoms with van der Waals surface area (Å²) in [5.41, 5.74) is 1.17. The average molecular weight is 208 g/mol. The van der Waals surface area contributed by atoms with Crippen LogP contribution in [-0.2, 0) is 6.42 Å². The zero-order valence-electron chi connectivity index (χ0n) is 9.70. The van der Waals surface area contributed by atoms with Crippen LogP contribution in [0.3, 0.4) is 0 Å². The zero-order valence-corrected chi connectivity index (χ0v) is 9.70. The maximum absolute atomic E-state index is 9.37. The van der Waals surface area contributed by atoms with E-state index in [0.29, 0.717) is 11.8 Å². The summed E-state index contributed by atoms with van der Waals surface area (Å²) in [7, 11) is 6.11. The van der Waals surface area contributed by atoms with Crippen LogP contribution in [0.5, 0.6) is 5.75 Å². The van der Waals surface area contributed by atoms with E-state index in [9.17, 15) is 5.11 Å². The fourth-order valence-corrected chi connectivity index (χ4v) is 1.63. The smallest absolute Gasteiger partial charge is 0.115 e. The molecule has 0 spiro atoms. The standard InChI is InChI=1S/C12H20N2O/c1-13-9-11(14(2)3)7-10-5-4-6-12(15)8-10/h4-6,8,11,13,15H,7,9H2,1-3H3/t11-/m1/s1. The molecule has 0 heterocycles. The first kappa shape index (κ1) is 12.0. The molecular formula is C12H20N2O. The minimum Gasteiger partial charge on any atom is -0.508 e. The van der Waals surface area contributed by atoms with Crippen LogP contribution in [0.4, 0.5) is 0 Å². The van der Waals surface area contributed by atoms with Crippen molar-refractivity contribution in [2.45, 2.75) is 12.5 Å². The molecule has 3 heteroatoms. The van der Waals surface area contributed by atoms with E-state index in [0.717, 1.165) is 13.0 Å². The zero-order chi connectivity index (χ0) is 11.3. The lowest BCUT2D eigenvalue weighted by molar-refractivity contribution is 0.286. The van der Waals surface area contributed by atoms with Gasteiger partial charge in [0, 0.05) is 12.6 Å². The predicted molar refractivity (Wildman–Crippen MR) is 63.2 cm³/mol. The second-order valence-corrected chi connectivity index (χ2v) is 4.05. The summed E-state index contributed by atoms with van der Waals surface area (Å²) in [5, 5.41) is 12.5. The lowest BCUT2D eigenvalue weighted by Crippen LogP contribution is -2.38. The molecular weight excluding hydrogens is 188 g/mol. The van der Waals surface area contributed by atoms with Gasteiger partial charge in [-0.25, -0.2) is 0 Å². The van der Waals surface area contributed by atoms with E-state index in [2.05, 4.69) is 24.3 Å². The van der Waals surface area contributed by atoms with Crippen molar-refractivity contribution >= 4 is 0 Å². The molecule has 0 saturated carbocycles. The topological polar surface area (TPSA) is 35.5 Å². The van der Waals surface area contributed by atoms with Crippen LogP contribution in [-0.4, -0.2) is 43.7 Å².